The van der Waals surface area contributed by atoms with Gasteiger partial charge in [0.2, 0.25) is 0 Å². The van der Waals surface area contributed by atoms with Gasteiger partial charge in [-0.3, -0.25) is 14.9 Å². The van der Waals surface area contributed by atoms with E-state index in [-0.39, 0.29) is 24.9 Å². The van der Waals surface area contributed by atoms with Crippen LogP contribution in [0.3, 0.4) is 0 Å². The van der Waals surface area contributed by atoms with Gasteiger partial charge in [-0.1, -0.05) is 19.1 Å². The summed E-state index contributed by atoms with van der Waals surface area (Å²) in [5.74, 6) is -4.13. The highest BCUT2D eigenvalue weighted by Crippen LogP contribution is 2.34. The fraction of sp³-hybridized carbons (Fsp3) is 0.529. The van der Waals surface area contributed by atoms with Crippen molar-refractivity contribution < 1.29 is 36.7 Å². The number of nitrogens with zero attached hydrogens (tertiary/aromatic N) is 1. The lowest BCUT2D eigenvalue weighted by molar-refractivity contribution is -0.132. The molecule has 1 saturated heterocycles. The third-order valence-corrected chi connectivity index (χ3v) is 6.93. The smallest absolute Gasteiger partial charge is 0.414 e. The average molecular weight is 420 g/mol. The second kappa shape index (κ2) is 7.63. The minimum atomic E-state index is -3.95. The van der Waals surface area contributed by atoms with Crippen LogP contribution in [0, 0.1) is 0 Å². The second-order valence-electron chi connectivity index (χ2n) is 6.87. The summed E-state index contributed by atoms with van der Waals surface area (Å²) in [4.78, 5) is 25.2. The number of hydroxylamine groups is 1. The maximum absolute atomic E-state index is 13.7. The third-order valence-electron chi connectivity index (χ3n) is 4.94. The van der Waals surface area contributed by atoms with Gasteiger partial charge in [0.1, 0.15) is 6.10 Å². The van der Waals surface area contributed by atoms with Gasteiger partial charge in [0.05, 0.1) is 6.54 Å². The lowest BCUT2D eigenvalue weighted by atomic mass is 10.0. The van der Waals surface area contributed by atoms with Crippen molar-refractivity contribution in [3.63, 3.8) is 0 Å². The number of rotatable bonds is 7. The Hall–Kier alpha value is -2.27. The number of nitrogens with one attached hydrogen (secondary N) is 1. The van der Waals surface area contributed by atoms with Gasteiger partial charge in [0.15, 0.2) is 14.6 Å². The molecular weight excluding hydrogens is 398 g/mol. The van der Waals surface area contributed by atoms with Gasteiger partial charge in [-0.25, -0.2) is 27.5 Å². The molecular formula is C17H22F2N2O6S. The number of carbonyl (C=O) groups excluding carboxylic acids is 2. The lowest BCUT2D eigenvalue weighted by Gasteiger charge is -2.26. The van der Waals surface area contributed by atoms with Crippen molar-refractivity contribution >= 4 is 27.5 Å². The number of alkyl halides is 2. The number of ether oxygens (including phenoxy) is 1. The van der Waals surface area contributed by atoms with E-state index < -0.39 is 38.6 Å². The fourth-order valence-corrected chi connectivity index (χ4v) is 3.76. The Morgan fingerprint density at radius 1 is 1.36 bits per heavy atom. The van der Waals surface area contributed by atoms with E-state index >= 15 is 0 Å². The van der Waals surface area contributed by atoms with E-state index in [1.807, 2.05) is 0 Å². The average Bonchev–Trinajstić information content (AvgIpc) is 3.00. The summed E-state index contributed by atoms with van der Waals surface area (Å²) < 4.78 is 54.6. The molecule has 1 aromatic carbocycles. The molecule has 0 bridgehead atoms. The van der Waals surface area contributed by atoms with E-state index in [0.717, 1.165) is 18.1 Å². The number of amides is 2. The van der Waals surface area contributed by atoms with Crippen LogP contribution in [0.5, 0.6) is 0 Å². The topological polar surface area (TPSA) is 113 Å². The number of benzene rings is 1. The molecule has 2 amide bonds. The first-order valence-electron chi connectivity index (χ1n) is 8.46. The molecule has 11 heteroatoms. The number of carbonyl (C=O) groups is 2. The van der Waals surface area contributed by atoms with Gasteiger partial charge in [-0.15, -0.1) is 0 Å². The molecule has 2 unspecified atom stereocenters. The summed E-state index contributed by atoms with van der Waals surface area (Å²) in [5, 5.41) is 8.86. The van der Waals surface area contributed by atoms with Crippen molar-refractivity contribution in [3.8, 4) is 0 Å². The third kappa shape index (κ3) is 4.09. The predicted molar refractivity (Wildman–Crippen MR) is 96.0 cm³/mol. The first-order valence-corrected chi connectivity index (χ1v) is 10.4. The van der Waals surface area contributed by atoms with E-state index in [9.17, 15) is 26.8 Å². The SMILES string of the molecule is CCC(F)(F)c1ccc(N2CC(CC(C)(C(=O)NO)S(C)(=O)=O)OC2=O)cc1. The van der Waals surface area contributed by atoms with E-state index in [1.54, 1.807) is 0 Å². The molecule has 156 valence electrons. The van der Waals surface area contributed by atoms with Crippen molar-refractivity contribution in [1.82, 2.24) is 5.48 Å². The fourth-order valence-electron chi connectivity index (χ4n) is 2.89. The number of hydrogen-bond donors (Lipinski definition) is 2. The van der Waals surface area contributed by atoms with E-state index in [1.165, 1.54) is 36.7 Å². The van der Waals surface area contributed by atoms with Gasteiger partial charge in [-0.2, -0.15) is 0 Å². The highest BCUT2D eigenvalue weighted by Gasteiger charge is 2.48. The molecule has 8 nitrogen and oxygen atoms in total. The monoisotopic (exact) mass is 420 g/mol. The summed E-state index contributed by atoms with van der Waals surface area (Å²) >= 11 is 0. The van der Waals surface area contributed by atoms with Crippen LogP contribution in [0.25, 0.3) is 0 Å². The van der Waals surface area contributed by atoms with Crippen LogP contribution in [0.4, 0.5) is 19.3 Å². The minimum Gasteiger partial charge on any atom is -0.444 e. The number of halogens is 2. The largest absolute Gasteiger partial charge is 0.444 e. The van der Waals surface area contributed by atoms with Crippen LogP contribution in [-0.4, -0.2) is 49.3 Å². The van der Waals surface area contributed by atoms with Gasteiger partial charge < -0.3 is 4.74 Å². The van der Waals surface area contributed by atoms with Gasteiger partial charge >= 0.3 is 6.09 Å². The number of sulfone groups is 1. The predicted octanol–water partition coefficient (Wildman–Crippen LogP) is 2.21. The van der Waals surface area contributed by atoms with Crippen molar-refractivity contribution in [1.29, 1.82) is 0 Å². The maximum atomic E-state index is 13.7. The molecule has 1 aromatic rings. The van der Waals surface area contributed by atoms with Gasteiger partial charge in [0, 0.05) is 30.3 Å². The van der Waals surface area contributed by atoms with Crippen molar-refractivity contribution in [2.75, 3.05) is 17.7 Å². The zero-order valence-corrected chi connectivity index (χ0v) is 16.4. The van der Waals surface area contributed by atoms with Crippen molar-refractivity contribution in [2.45, 2.75) is 43.5 Å². The van der Waals surface area contributed by atoms with Crippen LogP contribution in [-0.2, 0) is 25.3 Å². The van der Waals surface area contributed by atoms with Crippen LogP contribution in [0.2, 0.25) is 0 Å². The Morgan fingerprint density at radius 2 is 1.93 bits per heavy atom. The quantitative estimate of drug-likeness (QED) is 0.517. The highest BCUT2D eigenvalue weighted by atomic mass is 32.2. The maximum Gasteiger partial charge on any atom is 0.414 e. The van der Waals surface area contributed by atoms with Crippen molar-refractivity contribution in [2.24, 2.45) is 0 Å². The highest BCUT2D eigenvalue weighted by molar-refractivity contribution is 7.92. The molecule has 0 spiro atoms. The van der Waals surface area contributed by atoms with Gasteiger partial charge in [-0.05, 0) is 19.1 Å². The summed E-state index contributed by atoms with van der Waals surface area (Å²) in [6, 6.07) is 5.11. The molecule has 0 saturated carbocycles. The first kappa shape index (κ1) is 22.0. The molecule has 2 rings (SSSR count). The van der Waals surface area contributed by atoms with Crippen LogP contribution >= 0.6 is 0 Å². The van der Waals surface area contributed by atoms with E-state index in [0.29, 0.717) is 5.69 Å². The standard InChI is InChI=1S/C17H22F2N2O6S/c1-4-17(18,19)11-5-7-12(8-6-11)21-10-13(27-15(21)23)9-16(2,14(22)20-24)28(3,25)26/h5-8,13,24H,4,9-10H2,1-3H3,(H,20,22). The summed E-state index contributed by atoms with van der Waals surface area (Å²) in [6.45, 7) is 2.40. The van der Waals surface area contributed by atoms with E-state index in [4.69, 9.17) is 9.94 Å². The number of hydrogen-bond acceptors (Lipinski definition) is 6. The summed E-state index contributed by atoms with van der Waals surface area (Å²) in [7, 11) is -3.95. The normalized spacial score (nSPS) is 19.9. The summed E-state index contributed by atoms with van der Waals surface area (Å²) in [6.07, 6.45) is -1.66. The zero-order chi connectivity index (χ0) is 21.3. The Bertz CT molecular complexity index is 859. The summed E-state index contributed by atoms with van der Waals surface area (Å²) in [5.41, 5.74) is 1.44. The zero-order valence-electron chi connectivity index (χ0n) is 15.6. The molecule has 1 aliphatic rings. The Balaban J connectivity index is 2.20. The molecule has 1 aliphatic heterocycles. The Kier molecular flexibility index (Phi) is 6.00. The minimum absolute atomic E-state index is 0.0772. The Morgan fingerprint density at radius 3 is 2.39 bits per heavy atom. The first-order chi connectivity index (χ1) is 12.9. The number of cyclic esters (lactones) is 1. The molecule has 0 aliphatic carbocycles. The number of anilines is 1. The molecule has 0 aromatic heterocycles. The lowest BCUT2D eigenvalue weighted by Crippen LogP contribution is -2.51. The molecule has 2 atom stereocenters. The van der Waals surface area contributed by atoms with Crippen LogP contribution < -0.4 is 10.4 Å². The molecule has 28 heavy (non-hydrogen) atoms. The van der Waals surface area contributed by atoms with Crippen LogP contribution in [0.1, 0.15) is 32.3 Å². The molecule has 2 N–H and O–H groups in total. The molecule has 0 radical (unpaired) electrons. The van der Waals surface area contributed by atoms with E-state index in [2.05, 4.69) is 0 Å². The van der Waals surface area contributed by atoms with Crippen LogP contribution in [0.15, 0.2) is 24.3 Å². The van der Waals surface area contributed by atoms with Gasteiger partial charge in [0.25, 0.3) is 11.8 Å². The Labute approximate surface area is 161 Å². The molecule has 1 heterocycles. The van der Waals surface area contributed by atoms with Crippen molar-refractivity contribution in [3.05, 3.63) is 29.8 Å². The molecule has 1 fully saturated rings. The second-order valence-corrected chi connectivity index (χ2v) is 9.31.